The third-order valence-corrected chi connectivity index (χ3v) is 4.48. The molecule has 0 radical (unpaired) electrons. The lowest BCUT2D eigenvalue weighted by Crippen LogP contribution is -2.33. The number of aryl methyl sites for hydroxylation is 1. The molecule has 3 atom stereocenters. The molecule has 2 saturated carbocycles. The van der Waals surface area contributed by atoms with Gasteiger partial charge in [-0.3, -0.25) is 0 Å². The van der Waals surface area contributed by atoms with Gasteiger partial charge in [0.15, 0.2) is 0 Å². The van der Waals surface area contributed by atoms with Crippen LogP contribution in [-0.2, 0) is 6.54 Å². The molecule has 2 aliphatic carbocycles. The van der Waals surface area contributed by atoms with Crippen LogP contribution in [0.1, 0.15) is 47.6 Å². The van der Waals surface area contributed by atoms with Crippen molar-refractivity contribution in [1.82, 2.24) is 5.32 Å². The predicted molar refractivity (Wildman–Crippen MR) is 66.5 cm³/mol. The van der Waals surface area contributed by atoms with Crippen molar-refractivity contribution in [2.24, 2.45) is 11.8 Å². The fourth-order valence-corrected chi connectivity index (χ4v) is 3.57. The molecule has 2 aliphatic rings. The Kier molecular flexibility index (Phi) is 2.90. The molecule has 98 valence electrons. The number of rotatable bonds is 4. The molecule has 3 unspecified atom stereocenters. The topological polar surface area (TPSA) is 62.5 Å². The van der Waals surface area contributed by atoms with Crippen LogP contribution in [0.5, 0.6) is 0 Å². The van der Waals surface area contributed by atoms with E-state index in [2.05, 4.69) is 5.32 Å². The maximum absolute atomic E-state index is 10.9. The number of fused-ring (bicyclic) bond motifs is 2. The summed E-state index contributed by atoms with van der Waals surface area (Å²) < 4.78 is 5.47. The number of carboxylic acids is 1. The van der Waals surface area contributed by atoms with Crippen molar-refractivity contribution in [3.05, 3.63) is 23.2 Å². The number of furan rings is 1. The smallest absolute Gasteiger partial charge is 0.339 e. The zero-order chi connectivity index (χ0) is 12.7. The monoisotopic (exact) mass is 249 g/mol. The number of hydrogen-bond acceptors (Lipinski definition) is 3. The van der Waals surface area contributed by atoms with Crippen LogP contribution in [0.4, 0.5) is 0 Å². The molecule has 18 heavy (non-hydrogen) atoms. The van der Waals surface area contributed by atoms with E-state index in [1.807, 2.05) is 0 Å². The van der Waals surface area contributed by atoms with E-state index in [0.717, 1.165) is 17.6 Å². The van der Waals surface area contributed by atoms with E-state index in [1.165, 1.54) is 25.7 Å². The summed E-state index contributed by atoms with van der Waals surface area (Å²) >= 11 is 0. The first kappa shape index (κ1) is 11.8. The second-order valence-electron chi connectivity index (χ2n) is 5.65. The summed E-state index contributed by atoms with van der Waals surface area (Å²) in [5.74, 6) is 2.05. The van der Waals surface area contributed by atoms with E-state index in [1.54, 1.807) is 13.0 Å². The highest BCUT2D eigenvalue weighted by molar-refractivity contribution is 5.88. The Balaban J connectivity index is 1.60. The zero-order valence-corrected chi connectivity index (χ0v) is 10.6. The minimum atomic E-state index is -0.914. The van der Waals surface area contributed by atoms with Gasteiger partial charge in [0.2, 0.25) is 0 Å². The largest absolute Gasteiger partial charge is 0.478 e. The Bertz CT molecular complexity index is 466. The minimum absolute atomic E-state index is 0.278. The van der Waals surface area contributed by atoms with Crippen molar-refractivity contribution in [2.45, 2.75) is 45.2 Å². The standard InChI is InChI=1S/C14H19NO3/c1-8-12(14(16)17)6-11(18-8)7-15-13-5-9-2-3-10(13)4-9/h6,9-10,13,15H,2-5,7H2,1H3,(H,16,17). The van der Waals surface area contributed by atoms with E-state index < -0.39 is 5.97 Å². The SMILES string of the molecule is Cc1oc(CNC2CC3CCC2C3)cc1C(=O)O. The van der Waals surface area contributed by atoms with E-state index in [0.29, 0.717) is 18.3 Å². The second kappa shape index (κ2) is 4.43. The molecule has 2 fully saturated rings. The number of carbonyl (C=O) groups is 1. The lowest BCUT2D eigenvalue weighted by molar-refractivity contribution is 0.0695. The molecular weight excluding hydrogens is 230 g/mol. The van der Waals surface area contributed by atoms with Gasteiger partial charge in [0.25, 0.3) is 0 Å². The predicted octanol–water partition coefficient (Wildman–Crippen LogP) is 2.56. The Morgan fingerprint density at radius 2 is 2.33 bits per heavy atom. The molecule has 0 aromatic carbocycles. The fraction of sp³-hybridized carbons (Fsp3) is 0.643. The van der Waals surface area contributed by atoms with Crippen LogP contribution in [0.3, 0.4) is 0 Å². The van der Waals surface area contributed by atoms with Crippen LogP contribution in [-0.4, -0.2) is 17.1 Å². The number of nitrogens with one attached hydrogen (secondary N) is 1. The van der Waals surface area contributed by atoms with Crippen molar-refractivity contribution < 1.29 is 14.3 Å². The van der Waals surface area contributed by atoms with Crippen LogP contribution in [0.15, 0.2) is 10.5 Å². The summed E-state index contributed by atoms with van der Waals surface area (Å²) in [6.07, 6.45) is 5.39. The Morgan fingerprint density at radius 1 is 1.50 bits per heavy atom. The van der Waals surface area contributed by atoms with Gasteiger partial charge in [-0.25, -0.2) is 4.79 Å². The van der Waals surface area contributed by atoms with Crippen LogP contribution in [0.25, 0.3) is 0 Å². The van der Waals surface area contributed by atoms with E-state index in [9.17, 15) is 4.79 Å². The molecular formula is C14H19NO3. The number of carboxylic acid groups (broad SMARTS) is 1. The summed E-state index contributed by atoms with van der Waals surface area (Å²) in [4.78, 5) is 10.9. The van der Waals surface area contributed by atoms with Gasteiger partial charge in [-0.05, 0) is 44.1 Å². The van der Waals surface area contributed by atoms with Crippen LogP contribution in [0.2, 0.25) is 0 Å². The van der Waals surface area contributed by atoms with Gasteiger partial charge in [0, 0.05) is 6.04 Å². The van der Waals surface area contributed by atoms with E-state index in [-0.39, 0.29) is 5.56 Å². The van der Waals surface area contributed by atoms with Gasteiger partial charge in [0.05, 0.1) is 6.54 Å². The first-order chi connectivity index (χ1) is 8.63. The molecule has 2 bridgehead atoms. The molecule has 1 heterocycles. The van der Waals surface area contributed by atoms with Crippen molar-refractivity contribution >= 4 is 5.97 Å². The highest BCUT2D eigenvalue weighted by Crippen LogP contribution is 2.44. The lowest BCUT2D eigenvalue weighted by Gasteiger charge is -2.22. The summed E-state index contributed by atoms with van der Waals surface area (Å²) in [5, 5.41) is 12.5. The molecule has 2 N–H and O–H groups in total. The molecule has 3 rings (SSSR count). The van der Waals surface area contributed by atoms with Crippen molar-refractivity contribution in [3.8, 4) is 0 Å². The van der Waals surface area contributed by atoms with Gasteiger partial charge in [-0.1, -0.05) is 6.42 Å². The maximum Gasteiger partial charge on any atom is 0.339 e. The number of hydrogen-bond donors (Lipinski definition) is 2. The third-order valence-electron chi connectivity index (χ3n) is 4.48. The normalized spacial score (nSPS) is 29.9. The Labute approximate surface area is 106 Å². The maximum atomic E-state index is 10.9. The Morgan fingerprint density at radius 3 is 2.89 bits per heavy atom. The summed E-state index contributed by atoms with van der Waals surface area (Å²) in [6.45, 7) is 2.34. The van der Waals surface area contributed by atoms with Gasteiger partial charge in [-0.2, -0.15) is 0 Å². The summed E-state index contributed by atoms with van der Waals surface area (Å²) in [6, 6.07) is 2.24. The molecule has 0 amide bonds. The molecule has 0 spiro atoms. The van der Waals surface area contributed by atoms with E-state index in [4.69, 9.17) is 9.52 Å². The molecule has 4 heteroatoms. The first-order valence-corrected chi connectivity index (χ1v) is 6.69. The molecule has 0 aliphatic heterocycles. The molecule has 1 aromatic rings. The Hall–Kier alpha value is -1.29. The van der Waals surface area contributed by atoms with Gasteiger partial charge in [-0.15, -0.1) is 0 Å². The quantitative estimate of drug-likeness (QED) is 0.861. The number of aromatic carboxylic acids is 1. The van der Waals surface area contributed by atoms with Crippen molar-refractivity contribution in [3.63, 3.8) is 0 Å². The molecule has 0 saturated heterocycles. The second-order valence-corrected chi connectivity index (χ2v) is 5.65. The average Bonchev–Trinajstić information content (AvgIpc) is 3.00. The highest BCUT2D eigenvalue weighted by Gasteiger charge is 2.39. The van der Waals surface area contributed by atoms with Gasteiger partial charge < -0.3 is 14.8 Å². The van der Waals surface area contributed by atoms with Crippen LogP contribution >= 0.6 is 0 Å². The van der Waals surface area contributed by atoms with E-state index >= 15 is 0 Å². The van der Waals surface area contributed by atoms with Crippen LogP contribution in [0, 0.1) is 18.8 Å². The highest BCUT2D eigenvalue weighted by atomic mass is 16.4. The van der Waals surface area contributed by atoms with Crippen LogP contribution < -0.4 is 5.32 Å². The molecule has 1 aromatic heterocycles. The molecule has 4 nitrogen and oxygen atoms in total. The van der Waals surface area contributed by atoms with Crippen molar-refractivity contribution in [1.29, 1.82) is 0 Å². The lowest BCUT2D eigenvalue weighted by atomic mass is 9.95. The average molecular weight is 249 g/mol. The minimum Gasteiger partial charge on any atom is -0.478 e. The first-order valence-electron chi connectivity index (χ1n) is 6.69. The van der Waals surface area contributed by atoms with Gasteiger partial charge >= 0.3 is 5.97 Å². The third kappa shape index (κ3) is 2.05. The summed E-state index contributed by atoms with van der Waals surface area (Å²) in [5.41, 5.74) is 0.278. The fourth-order valence-electron chi connectivity index (χ4n) is 3.57. The zero-order valence-electron chi connectivity index (χ0n) is 10.6. The van der Waals surface area contributed by atoms with Gasteiger partial charge in [0.1, 0.15) is 17.1 Å². The van der Waals surface area contributed by atoms with Crippen molar-refractivity contribution in [2.75, 3.05) is 0 Å². The summed E-state index contributed by atoms with van der Waals surface area (Å²) in [7, 11) is 0.